The zero-order valence-corrected chi connectivity index (χ0v) is 19.3. The summed E-state index contributed by atoms with van der Waals surface area (Å²) >= 11 is 1.27. The monoisotopic (exact) mass is 481 g/mol. The highest BCUT2D eigenvalue weighted by molar-refractivity contribution is 7.14. The van der Waals surface area contributed by atoms with E-state index in [4.69, 9.17) is 4.74 Å². The topological polar surface area (TPSA) is 127 Å². The van der Waals surface area contributed by atoms with Gasteiger partial charge in [-0.3, -0.25) is 25.0 Å². The second-order valence-corrected chi connectivity index (χ2v) is 8.52. The number of carbonyl (C=O) groups is 2. The Labute approximate surface area is 199 Å². The number of nitrogens with zero attached hydrogens (tertiary/aromatic N) is 3. The summed E-state index contributed by atoms with van der Waals surface area (Å²) < 4.78 is 5.31. The Morgan fingerprint density at radius 2 is 1.91 bits per heavy atom. The number of nitro groups is 1. The molecule has 1 aliphatic rings. The van der Waals surface area contributed by atoms with Gasteiger partial charge in [-0.1, -0.05) is 24.3 Å². The Balaban J connectivity index is 1.45. The van der Waals surface area contributed by atoms with E-state index in [-0.39, 0.29) is 17.2 Å². The van der Waals surface area contributed by atoms with E-state index in [1.54, 1.807) is 12.1 Å². The molecule has 176 valence electrons. The van der Waals surface area contributed by atoms with E-state index in [9.17, 15) is 19.7 Å². The first-order chi connectivity index (χ1) is 16.4. The maximum absolute atomic E-state index is 12.8. The number of hydrogen-bond acceptors (Lipinski definition) is 8. The summed E-state index contributed by atoms with van der Waals surface area (Å²) in [5.41, 5.74) is 3.07. The summed E-state index contributed by atoms with van der Waals surface area (Å²) in [6.45, 7) is 4.04. The number of benzene rings is 2. The third-order valence-corrected chi connectivity index (χ3v) is 6.06. The van der Waals surface area contributed by atoms with Crippen LogP contribution in [0.15, 0.2) is 47.8 Å². The molecule has 34 heavy (non-hydrogen) atoms. The lowest BCUT2D eigenvalue weighted by molar-refractivity contribution is -0.384. The Bertz CT molecular complexity index is 1200. The van der Waals surface area contributed by atoms with E-state index in [0.717, 1.165) is 11.1 Å². The fraction of sp³-hybridized carbons (Fsp3) is 0.261. The van der Waals surface area contributed by atoms with E-state index >= 15 is 0 Å². The van der Waals surface area contributed by atoms with E-state index in [1.807, 2.05) is 34.5 Å². The normalized spacial score (nSPS) is 13.4. The standard InChI is InChI=1S/C23H23N5O5S/c1-15(29)24-13-16-2-4-17(5-3-16)19-14-34-23(25-19)26-22(30)18-6-7-20(21(12-18)28(31)32)27-8-10-33-11-9-27/h2-7,12,14H,8-11,13H2,1H3,(H,24,29)(H,25,26,30). The molecule has 0 saturated carbocycles. The van der Waals surface area contributed by atoms with Crippen molar-refractivity contribution in [1.82, 2.24) is 10.3 Å². The number of morpholine rings is 1. The number of ether oxygens (including phenoxy) is 1. The SMILES string of the molecule is CC(=O)NCc1ccc(-c2csc(NC(=O)c3ccc(N4CCOCC4)c([N+](=O)[O-])c3)n2)cc1. The zero-order valence-electron chi connectivity index (χ0n) is 18.4. The first-order valence-electron chi connectivity index (χ1n) is 10.6. The molecule has 0 unspecified atom stereocenters. The van der Waals surface area contributed by atoms with Gasteiger partial charge in [0.15, 0.2) is 5.13 Å². The van der Waals surface area contributed by atoms with Crippen LogP contribution in [0.5, 0.6) is 0 Å². The number of amides is 2. The molecule has 10 nitrogen and oxygen atoms in total. The van der Waals surface area contributed by atoms with Crippen molar-refractivity contribution in [3.8, 4) is 11.3 Å². The maximum Gasteiger partial charge on any atom is 0.293 e. The van der Waals surface area contributed by atoms with Crippen LogP contribution in [-0.4, -0.2) is 48.0 Å². The minimum Gasteiger partial charge on any atom is -0.378 e. The average molecular weight is 482 g/mol. The number of carbonyl (C=O) groups excluding carboxylic acids is 2. The summed E-state index contributed by atoms with van der Waals surface area (Å²) in [4.78, 5) is 41.3. The van der Waals surface area contributed by atoms with Crippen LogP contribution in [-0.2, 0) is 16.1 Å². The summed E-state index contributed by atoms with van der Waals surface area (Å²) in [6, 6.07) is 12.1. The predicted molar refractivity (Wildman–Crippen MR) is 129 cm³/mol. The van der Waals surface area contributed by atoms with Gasteiger partial charge in [-0.05, 0) is 17.7 Å². The highest BCUT2D eigenvalue weighted by Gasteiger charge is 2.23. The fourth-order valence-corrected chi connectivity index (χ4v) is 4.25. The molecule has 0 bridgehead atoms. The molecular weight excluding hydrogens is 458 g/mol. The number of hydrogen-bond donors (Lipinski definition) is 2. The van der Waals surface area contributed by atoms with E-state index in [2.05, 4.69) is 15.6 Å². The Kier molecular flexibility index (Phi) is 7.14. The minimum absolute atomic E-state index is 0.0926. The molecule has 3 aromatic rings. The van der Waals surface area contributed by atoms with Gasteiger partial charge < -0.3 is 15.0 Å². The van der Waals surface area contributed by atoms with Gasteiger partial charge in [0.2, 0.25) is 5.91 Å². The Morgan fingerprint density at radius 1 is 1.18 bits per heavy atom. The lowest BCUT2D eigenvalue weighted by Gasteiger charge is -2.28. The number of nitrogens with one attached hydrogen (secondary N) is 2. The average Bonchev–Trinajstić information content (AvgIpc) is 3.31. The molecule has 0 aliphatic carbocycles. The Hall–Kier alpha value is -3.83. The molecule has 1 saturated heterocycles. The molecular formula is C23H23N5O5S. The summed E-state index contributed by atoms with van der Waals surface area (Å²) in [6.07, 6.45) is 0. The predicted octanol–water partition coefficient (Wildman–Crippen LogP) is 3.44. The van der Waals surface area contributed by atoms with Crippen LogP contribution in [0.3, 0.4) is 0 Å². The molecule has 2 aromatic carbocycles. The fourth-order valence-electron chi connectivity index (χ4n) is 3.54. The molecule has 0 atom stereocenters. The van der Waals surface area contributed by atoms with Gasteiger partial charge in [0.25, 0.3) is 11.6 Å². The quantitative estimate of drug-likeness (QED) is 0.391. The molecule has 1 aromatic heterocycles. The largest absolute Gasteiger partial charge is 0.378 e. The highest BCUT2D eigenvalue weighted by Crippen LogP contribution is 2.31. The van der Waals surface area contributed by atoms with Crippen LogP contribution in [0.25, 0.3) is 11.3 Å². The van der Waals surface area contributed by atoms with E-state index in [1.165, 1.54) is 24.3 Å². The molecule has 2 amide bonds. The minimum atomic E-state index is -0.474. The van der Waals surface area contributed by atoms with Crippen molar-refractivity contribution in [2.45, 2.75) is 13.5 Å². The van der Waals surface area contributed by atoms with Crippen molar-refractivity contribution < 1.29 is 19.2 Å². The second-order valence-electron chi connectivity index (χ2n) is 7.66. The summed E-state index contributed by atoms with van der Waals surface area (Å²) in [5.74, 6) is -0.562. The van der Waals surface area contributed by atoms with E-state index < -0.39 is 10.8 Å². The van der Waals surface area contributed by atoms with Gasteiger partial charge in [-0.25, -0.2) is 4.98 Å². The zero-order chi connectivity index (χ0) is 24.1. The number of rotatable bonds is 7. The molecule has 11 heteroatoms. The second kappa shape index (κ2) is 10.4. The third kappa shape index (κ3) is 5.56. The molecule has 2 heterocycles. The molecule has 1 aliphatic heterocycles. The maximum atomic E-state index is 12.8. The van der Waals surface area contributed by atoms with Crippen LogP contribution < -0.4 is 15.5 Å². The van der Waals surface area contributed by atoms with Gasteiger partial charge in [0.1, 0.15) is 5.69 Å². The van der Waals surface area contributed by atoms with Crippen molar-refractivity contribution in [1.29, 1.82) is 0 Å². The van der Waals surface area contributed by atoms with E-state index in [0.29, 0.717) is 49.4 Å². The van der Waals surface area contributed by atoms with Crippen molar-refractivity contribution in [3.63, 3.8) is 0 Å². The smallest absolute Gasteiger partial charge is 0.293 e. The van der Waals surface area contributed by atoms with Gasteiger partial charge in [0.05, 0.1) is 23.8 Å². The van der Waals surface area contributed by atoms with Crippen molar-refractivity contribution in [2.24, 2.45) is 0 Å². The van der Waals surface area contributed by atoms with Gasteiger partial charge in [0, 0.05) is 49.1 Å². The molecule has 0 spiro atoms. The lowest BCUT2D eigenvalue weighted by Crippen LogP contribution is -2.36. The van der Waals surface area contributed by atoms with Crippen molar-refractivity contribution in [2.75, 3.05) is 36.5 Å². The highest BCUT2D eigenvalue weighted by atomic mass is 32.1. The Morgan fingerprint density at radius 3 is 2.59 bits per heavy atom. The van der Waals surface area contributed by atoms with Gasteiger partial charge >= 0.3 is 0 Å². The van der Waals surface area contributed by atoms with Crippen LogP contribution in [0, 0.1) is 10.1 Å². The number of nitro benzene ring substituents is 1. The van der Waals surface area contributed by atoms with Crippen LogP contribution in [0.2, 0.25) is 0 Å². The van der Waals surface area contributed by atoms with Gasteiger partial charge in [-0.15, -0.1) is 11.3 Å². The summed E-state index contributed by atoms with van der Waals surface area (Å²) in [5, 5.41) is 19.3. The summed E-state index contributed by atoms with van der Waals surface area (Å²) in [7, 11) is 0. The number of anilines is 2. The van der Waals surface area contributed by atoms with Crippen LogP contribution in [0.1, 0.15) is 22.8 Å². The van der Waals surface area contributed by atoms with Crippen molar-refractivity contribution in [3.05, 3.63) is 69.1 Å². The van der Waals surface area contributed by atoms with Crippen molar-refractivity contribution >= 4 is 39.7 Å². The first kappa shape index (κ1) is 23.3. The third-order valence-electron chi connectivity index (χ3n) is 5.30. The lowest BCUT2D eigenvalue weighted by atomic mass is 10.1. The number of thiazole rings is 1. The van der Waals surface area contributed by atoms with Crippen LogP contribution >= 0.6 is 11.3 Å². The number of aromatic nitrogens is 1. The molecule has 0 radical (unpaired) electrons. The first-order valence-corrected chi connectivity index (χ1v) is 11.5. The molecule has 1 fully saturated rings. The van der Waals surface area contributed by atoms with Gasteiger partial charge in [-0.2, -0.15) is 0 Å². The van der Waals surface area contributed by atoms with Crippen LogP contribution in [0.4, 0.5) is 16.5 Å². The molecule has 4 rings (SSSR count). The molecule has 2 N–H and O–H groups in total.